The van der Waals surface area contributed by atoms with Crippen LogP contribution >= 0.6 is 23.2 Å². The molecule has 13 heteroatoms. The zero-order chi connectivity index (χ0) is 25.9. The van der Waals surface area contributed by atoms with Gasteiger partial charge in [0, 0.05) is 23.5 Å². The van der Waals surface area contributed by atoms with Crippen molar-refractivity contribution in [1.82, 2.24) is 14.3 Å². The molecule has 0 radical (unpaired) electrons. The van der Waals surface area contributed by atoms with Gasteiger partial charge in [-0.3, -0.25) is 19.1 Å². The Balaban J connectivity index is 2.13. The Morgan fingerprint density at radius 2 is 1.77 bits per heavy atom. The van der Waals surface area contributed by atoms with Crippen LogP contribution in [0.3, 0.4) is 0 Å². The first kappa shape index (κ1) is 26.7. The highest BCUT2D eigenvalue weighted by Gasteiger charge is 2.29. The van der Waals surface area contributed by atoms with E-state index in [0.717, 1.165) is 17.2 Å². The third kappa shape index (κ3) is 6.43. The van der Waals surface area contributed by atoms with Crippen molar-refractivity contribution < 1.29 is 18.0 Å². The van der Waals surface area contributed by atoms with E-state index >= 15 is 0 Å². The van der Waals surface area contributed by atoms with E-state index in [1.807, 2.05) is 32.1 Å². The fourth-order valence-electron chi connectivity index (χ4n) is 3.41. The van der Waals surface area contributed by atoms with Crippen LogP contribution in [0.5, 0.6) is 0 Å². The van der Waals surface area contributed by atoms with Crippen LogP contribution in [-0.2, 0) is 32.6 Å². The predicted octanol–water partition coefficient (Wildman–Crippen LogP) is 1.53. The molecule has 0 aliphatic heterocycles. The topological polar surface area (TPSA) is 127 Å². The van der Waals surface area contributed by atoms with Crippen LogP contribution in [0.1, 0.15) is 19.4 Å². The molecule has 35 heavy (non-hydrogen) atoms. The normalized spacial score (nSPS) is 12.3. The van der Waals surface area contributed by atoms with Crippen LogP contribution in [0.25, 0.3) is 0 Å². The SMILES string of the molecule is Bc1ccc(CCn2c(S(=O)(=O)N[C@@H](C)C(N)=O)cnc2N(C(C)=O)c2cc(Cl)cc(Cl)c2)cc1. The highest BCUT2D eigenvalue weighted by Crippen LogP contribution is 2.32. The molecule has 0 bridgehead atoms. The van der Waals surface area contributed by atoms with Crippen LogP contribution in [0, 0.1) is 0 Å². The Labute approximate surface area is 214 Å². The Hall–Kier alpha value is -2.86. The van der Waals surface area contributed by atoms with Crippen molar-refractivity contribution in [2.75, 3.05) is 4.90 Å². The first-order valence-corrected chi connectivity index (χ1v) is 12.8. The van der Waals surface area contributed by atoms with Crippen molar-refractivity contribution in [3.63, 3.8) is 0 Å². The fourth-order valence-corrected chi connectivity index (χ4v) is 5.28. The predicted molar refractivity (Wildman–Crippen MR) is 139 cm³/mol. The van der Waals surface area contributed by atoms with E-state index in [0.29, 0.717) is 22.2 Å². The molecule has 0 saturated heterocycles. The Morgan fingerprint density at radius 1 is 1.17 bits per heavy atom. The molecule has 0 saturated carbocycles. The van der Waals surface area contributed by atoms with E-state index in [9.17, 15) is 18.0 Å². The fraction of sp³-hybridized carbons (Fsp3) is 0.227. The van der Waals surface area contributed by atoms with Gasteiger partial charge >= 0.3 is 0 Å². The first-order chi connectivity index (χ1) is 16.4. The summed E-state index contributed by atoms with van der Waals surface area (Å²) >= 11 is 12.3. The molecule has 2 aromatic carbocycles. The summed E-state index contributed by atoms with van der Waals surface area (Å²) in [6, 6.07) is 11.2. The molecular weight excluding hydrogens is 512 g/mol. The summed E-state index contributed by atoms with van der Waals surface area (Å²) in [6.07, 6.45) is 1.57. The van der Waals surface area contributed by atoms with Crippen LogP contribution in [-0.4, -0.2) is 43.7 Å². The molecule has 0 aliphatic carbocycles. The number of anilines is 2. The maximum atomic E-state index is 13.1. The summed E-state index contributed by atoms with van der Waals surface area (Å²) in [5, 5.41) is 0.356. The molecule has 0 unspecified atom stereocenters. The molecule has 0 spiro atoms. The van der Waals surface area contributed by atoms with Crippen molar-refractivity contribution in [3.05, 3.63) is 64.3 Å². The molecule has 3 N–H and O–H groups in total. The smallest absolute Gasteiger partial charge is 0.258 e. The average Bonchev–Trinajstić information content (AvgIpc) is 3.16. The van der Waals surface area contributed by atoms with Crippen molar-refractivity contribution in [2.45, 2.75) is 37.9 Å². The summed E-state index contributed by atoms with van der Waals surface area (Å²) < 4.78 is 29.9. The number of nitrogens with one attached hydrogen (secondary N) is 1. The van der Waals surface area contributed by atoms with E-state index in [2.05, 4.69) is 9.71 Å². The summed E-state index contributed by atoms with van der Waals surface area (Å²) in [7, 11) is -2.26. The second-order valence-electron chi connectivity index (χ2n) is 8.01. The van der Waals surface area contributed by atoms with Gasteiger partial charge in [0.2, 0.25) is 17.8 Å². The van der Waals surface area contributed by atoms with Crippen LogP contribution < -0.4 is 20.8 Å². The molecule has 3 rings (SSSR count). The number of hydrogen-bond donors (Lipinski definition) is 2. The van der Waals surface area contributed by atoms with Crippen molar-refractivity contribution in [1.29, 1.82) is 0 Å². The maximum Gasteiger partial charge on any atom is 0.258 e. The lowest BCUT2D eigenvalue weighted by molar-refractivity contribution is -0.119. The number of nitrogens with zero attached hydrogens (tertiary/aromatic N) is 3. The number of amides is 2. The van der Waals surface area contributed by atoms with E-state index in [4.69, 9.17) is 28.9 Å². The first-order valence-electron chi connectivity index (χ1n) is 10.6. The number of aromatic nitrogens is 2. The van der Waals surface area contributed by atoms with E-state index in [-0.39, 0.29) is 17.5 Å². The molecule has 1 heterocycles. The number of hydrogen-bond acceptors (Lipinski definition) is 5. The molecule has 1 aromatic heterocycles. The number of nitrogens with two attached hydrogens (primary N) is 1. The Kier molecular flexibility index (Phi) is 8.27. The quantitative estimate of drug-likeness (QED) is 0.401. The molecule has 9 nitrogen and oxygen atoms in total. The number of imidazole rings is 1. The zero-order valence-corrected chi connectivity index (χ0v) is 21.7. The van der Waals surface area contributed by atoms with E-state index in [1.165, 1.54) is 41.5 Å². The van der Waals surface area contributed by atoms with Crippen LogP contribution in [0.4, 0.5) is 11.6 Å². The van der Waals surface area contributed by atoms with Gasteiger partial charge in [0.25, 0.3) is 10.0 Å². The number of aryl methyl sites for hydroxylation is 1. The van der Waals surface area contributed by atoms with Crippen molar-refractivity contribution >= 4 is 70.0 Å². The number of sulfonamides is 1. The average molecular weight is 536 g/mol. The number of halogens is 2. The summed E-state index contributed by atoms with van der Waals surface area (Å²) in [6.45, 7) is 2.82. The lowest BCUT2D eigenvalue weighted by Gasteiger charge is -2.23. The van der Waals surface area contributed by atoms with Gasteiger partial charge < -0.3 is 5.73 Å². The van der Waals surface area contributed by atoms with Gasteiger partial charge in [-0.2, -0.15) is 4.72 Å². The number of primary amides is 1. The minimum absolute atomic E-state index is 0.0510. The van der Waals surface area contributed by atoms with Gasteiger partial charge in [-0.05, 0) is 37.1 Å². The lowest BCUT2D eigenvalue weighted by Crippen LogP contribution is -2.42. The van der Waals surface area contributed by atoms with Gasteiger partial charge in [-0.25, -0.2) is 13.4 Å². The Bertz CT molecular complexity index is 1340. The largest absolute Gasteiger partial charge is 0.368 e. The molecule has 184 valence electrons. The molecular formula is C22H24BCl2N5O4S. The maximum absolute atomic E-state index is 13.1. The second kappa shape index (κ2) is 10.8. The van der Waals surface area contributed by atoms with Crippen molar-refractivity contribution in [3.8, 4) is 0 Å². The van der Waals surface area contributed by atoms with Gasteiger partial charge in [-0.1, -0.05) is 52.9 Å². The lowest BCUT2D eigenvalue weighted by atomic mass is 9.95. The molecule has 2 amide bonds. The number of carbonyl (C=O) groups is 2. The summed E-state index contributed by atoms with van der Waals surface area (Å²) in [5.74, 6) is -1.22. The molecule has 0 fully saturated rings. The third-order valence-corrected chi connectivity index (χ3v) is 7.17. The minimum atomic E-state index is -4.22. The van der Waals surface area contributed by atoms with Gasteiger partial charge in [0.1, 0.15) is 7.85 Å². The standard InChI is InChI=1S/C22H24BCl2N5O4S/c1-13(21(26)32)28-35(33,34)20-12-27-22(29(20)8-7-15-3-5-16(23)6-4-15)30(14(2)31)19-10-17(24)9-18(25)11-19/h3-6,9-13,28H,7-8,23H2,1-2H3,(H2,26,32)/t13-/m0/s1. The molecule has 1 atom stereocenters. The van der Waals surface area contributed by atoms with Crippen LogP contribution in [0.2, 0.25) is 10.0 Å². The highest BCUT2D eigenvalue weighted by atomic mass is 35.5. The highest BCUT2D eigenvalue weighted by molar-refractivity contribution is 7.89. The van der Waals surface area contributed by atoms with E-state index < -0.39 is 27.9 Å². The number of benzene rings is 2. The monoisotopic (exact) mass is 535 g/mol. The number of carbonyl (C=O) groups excluding carboxylic acids is 2. The van der Waals surface area contributed by atoms with Gasteiger partial charge in [0.05, 0.1) is 17.9 Å². The number of rotatable bonds is 9. The summed E-state index contributed by atoms with van der Waals surface area (Å²) in [4.78, 5) is 29.7. The zero-order valence-electron chi connectivity index (χ0n) is 19.3. The second-order valence-corrected chi connectivity index (χ2v) is 10.5. The van der Waals surface area contributed by atoms with Gasteiger partial charge in [-0.15, -0.1) is 0 Å². The van der Waals surface area contributed by atoms with Crippen LogP contribution in [0.15, 0.2) is 53.7 Å². The van der Waals surface area contributed by atoms with Crippen molar-refractivity contribution in [2.24, 2.45) is 5.73 Å². The molecule has 0 aliphatic rings. The third-order valence-electron chi connectivity index (χ3n) is 5.20. The molecule has 3 aromatic rings. The Morgan fingerprint density at radius 3 is 2.31 bits per heavy atom. The van der Waals surface area contributed by atoms with Gasteiger partial charge in [0.15, 0.2) is 5.03 Å². The van der Waals surface area contributed by atoms with E-state index in [1.54, 1.807) is 0 Å². The minimum Gasteiger partial charge on any atom is -0.368 e. The summed E-state index contributed by atoms with van der Waals surface area (Å²) in [5.41, 5.74) is 7.60.